The summed E-state index contributed by atoms with van der Waals surface area (Å²) in [5.41, 5.74) is 1.43. The fourth-order valence-electron chi connectivity index (χ4n) is 1.89. The van der Waals surface area contributed by atoms with Gasteiger partial charge < -0.3 is 5.32 Å². The first-order valence-electron chi connectivity index (χ1n) is 6.01. The molecule has 0 aromatic heterocycles. The van der Waals surface area contributed by atoms with Crippen LogP contribution in [0.3, 0.4) is 0 Å². The Balaban J connectivity index is 2.21. The molecule has 0 aliphatic heterocycles. The van der Waals surface area contributed by atoms with Crippen molar-refractivity contribution in [1.82, 2.24) is 5.32 Å². The number of terminal acetylenes is 1. The summed E-state index contributed by atoms with van der Waals surface area (Å²) < 4.78 is 0. The SMILES string of the molecule is C#CCCC(CCCc1ccccc1)NC. The lowest BCUT2D eigenvalue weighted by molar-refractivity contribution is 0.480. The summed E-state index contributed by atoms with van der Waals surface area (Å²) in [5.74, 6) is 2.70. The largest absolute Gasteiger partial charge is 0.317 e. The third-order valence-corrected chi connectivity index (χ3v) is 2.91. The van der Waals surface area contributed by atoms with Gasteiger partial charge in [-0.3, -0.25) is 0 Å². The Morgan fingerprint density at radius 1 is 1.25 bits per heavy atom. The zero-order valence-corrected chi connectivity index (χ0v) is 10.1. The van der Waals surface area contributed by atoms with Crippen molar-refractivity contribution in [3.63, 3.8) is 0 Å². The Hall–Kier alpha value is -1.26. The van der Waals surface area contributed by atoms with E-state index in [0.717, 1.165) is 19.3 Å². The third kappa shape index (κ3) is 5.00. The number of rotatable bonds is 7. The van der Waals surface area contributed by atoms with Crippen molar-refractivity contribution >= 4 is 0 Å². The second-order valence-corrected chi connectivity index (χ2v) is 4.11. The van der Waals surface area contributed by atoms with E-state index in [4.69, 9.17) is 6.42 Å². The highest BCUT2D eigenvalue weighted by molar-refractivity contribution is 5.14. The van der Waals surface area contributed by atoms with Gasteiger partial charge in [-0.25, -0.2) is 0 Å². The summed E-state index contributed by atoms with van der Waals surface area (Å²) in [6, 6.07) is 11.2. The van der Waals surface area contributed by atoms with Crippen LogP contribution in [0.2, 0.25) is 0 Å². The average molecular weight is 215 g/mol. The summed E-state index contributed by atoms with van der Waals surface area (Å²) in [7, 11) is 2.02. The molecular formula is C15H21N. The fraction of sp³-hybridized carbons (Fsp3) is 0.467. The molecule has 0 fully saturated rings. The minimum atomic E-state index is 0.569. The second kappa shape index (κ2) is 7.96. The van der Waals surface area contributed by atoms with Crippen molar-refractivity contribution in [2.45, 2.75) is 38.1 Å². The Morgan fingerprint density at radius 3 is 2.62 bits per heavy atom. The van der Waals surface area contributed by atoms with E-state index < -0.39 is 0 Å². The van der Waals surface area contributed by atoms with Crippen LogP contribution in [0.15, 0.2) is 30.3 Å². The highest BCUT2D eigenvalue weighted by atomic mass is 14.9. The molecule has 0 spiro atoms. The minimum absolute atomic E-state index is 0.569. The van der Waals surface area contributed by atoms with Gasteiger partial charge >= 0.3 is 0 Å². The molecule has 0 amide bonds. The molecule has 0 aliphatic carbocycles. The molecule has 0 aliphatic rings. The highest BCUT2D eigenvalue weighted by Gasteiger charge is 2.04. The normalized spacial score (nSPS) is 12.0. The van der Waals surface area contributed by atoms with E-state index in [-0.39, 0.29) is 0 Å². The third-order valence-electron chi connectivity index (χ3n) is 2.91. The van der Waals surface area contributed by atoms with Crippen molar-refractivity contribution < 1.29 is 0 Å². The van der Waals surface area contributed by atoms with Gasteiger partial charge in [-0.05, 0) is 38.3 Å². The monoisotopic (exact) mass is 215 g/mol. The zero-order chi connectivity index (χ0) is 11.6. The lowest BCUT2D eigenvalue weighted by Gasteiger charge is -2.14. The molecule has 86 valence electrons. The van der Waals surface area contributed by atoms with E-state index in [9.17, 15) is 0 Å². The van der Waals surface area contributed by atoms with Gasteiger partial charge in [0.05, 0.1) is 0 Å². The number of hydrogen-bond donors (Lipinski definition) is 1. The van der Waals surface area contributed by atoms with Crippen LogP contribution in [0, 0.1) is 12.3 Å². The van der Waals surface area contributed by atoms with Crippen LogP contribution < -0.4 is 5.32 Å². The summed E-state index contributed by atoms with van der Waals surface area (Å²) in [6.45, 7) is 0. The van der Waals surface area contributed by atoms with Gasteiger partial charge in [0, 0.05) is 12.5 Å². The van der Waals surface area contributed by atoms with Crippen LogP contribution in [-0.4, -0.2) is 13.1 Å². The first-order chi connectivity index (χ1) is 7.86. The number of nitrogens with one attached hydrogen (secondary N) is 1. The van der Waals surface area contributed by atoms with E-state index >= 15 is 0 Å². The lowest BCUT2D eigenvalue weighted by atomic mass is 10.0. The van der Waals surface area contributed by atoms with E-state index in [1.807, 2.05) is 7.05 Å². The molecule has 1 heteroatoms. The van der Waals surface area contributed by atoms with Gasteiger partial charge in [0.15, 0.2) is 0 Å². The Morgan fingerprint density at radius 2 is 2.00 bits per heavy atom. The van der Waals surface area contributed by atoms with Gasteiger partial charge in [0.2, 0.25) is 0 Å². The van der Waals surface area contributed by atoms with E-state index in [1.165, 1.54) is 18.4 Å². The van der Waals surface area contributed by atoms with Crippen molar-refractivity contribution in [2.24, 2.45) is 0 Å². The molecule has 1 rings (SSSR count). The first kappa shape index (κ1) is 12.8. The standard InChI is InChI=1S/C15H21N/c1-3-4-12-15(16-2)13-8-11-14-9-6-5-7-10-14/h1,5-7,9-10,15-16H,4,8,11-13H2,2H3. The van der Waals surface area contributed by atoms with Crippen LogP contribution in [0.25, 0.3) is 0 Å². The Labute approximate surface area is 99.3 Å². The van der Waals surface area contributed by atoms with E-state index in [2.05, 4.69) is 41.6 Å². The zero-order valence-electron chi connectivity index (χ0n) is 10.1. The molecule has 1 nitrogen and oxygen atoms in total. The summed E-state index contributed by atoms with van der Waals surface area (Å²) in [6.07, 6.45) is 10.8. The van der Waals surface area contributed by atoms with Gasteiger partial charge in [0.25, 0.3) is 0 Å². The van der Waals surface area contributed by atoms with Gasteiger partial charge in [0.1, 0.15) is 0 Å². The maximum absolute atomic E-state index is 5.27. The summed E-state index contributed by atoms with van der Waals surface area (Å²) >= 11 is 0. The molecule has 1 unspecified atom stereocenters. The van der Waals surface area contributed by atoms with Crippen molar-refractivity contribution in [2.75, 3.05) is 7.05 Å². The number of aryl methyl sites for hydroxylation is 1. The van der Waals surface area contributed by atoms with Crippen LogP contribution >= 0.6 is 0 Å². The van der Waals surface area contributed by atoms with Gasteiger partial charge in [-0.2, -0.15) is 0 Å². The van der Waals surface area contributed by atoms with Crippen molar-refractivity contribution in [3.8, 4) is 12.3 Å². The maximum atomic E-state index is 5.27. The average Bonchev–Trinajstić information content (AvgIpc) is 2.35. The van der Waals surface area contributed by atoms with E-state index in [1.54, 1.807) is 0 Å². The molecule has 1 aromatic carbocycles. The Kier molecular flexibility index (Phi) is 6.37. The Bertz CT molecular complexity index is 310. The lowest BCUT2D eigenvalue weighted by Crippen LogP contribution is -2.24. The predicted molar refractivity (Wildman–Crippen MR) is 70.3 cm³/mol. The maximum Gasteiger partial charge on any atom is 0.0101 e. The number of benzene rings is 1. The van der Waals surface area contributed by atoms with Crippen molar-refractivity contribution in [1.29, 1.82) is 0 Å². The van der Waals surface area contributed by atoms with Crippen LogP contribution in [0.5, 0.6) is 0 Å². The molecule has 16 heavy (non-hydrogen) atoms. The molecule has 0 heterocycles. The molecule has 1 aromatic rings. The quantitative estimate of drug-likeness (QED) is 0.689. The first-order valence-corrected chi connectivity index (χ1v) is 6.01. The fourth-order valence-corrected chi connectivity index (χ4v) is 1.89. The molecule has 0 radical (unpaired) electrons. The van der Waals surface area contributed by atoms with Crippen LogP contribution in [0.1, 0.15) is 31.2 Å². The van der Waals surface area contributed by atoms with Crippen molar-refractivity contribution in [3.05, 3.63) is 35.9 Å². The summed E-state index contributed by atoms with van der Waals surface area (Å²) in [5, 5.41) is 3.33. The smallest absolute Gasteiger partial charge is 0.0101 e. The minimum Gasteiger partial charge on any atom is -0.317 e. The van der Waals surface area contributed by atoms with Crippen LogP contribution in [-0.2, 0) is 6.42 Å². The topological polar surface area (TPSA) is 12.0 Å². The van der Waals surface area contributed by atoms with Gasteiger partial charge in [-0.1, -0.05) is 30.3 Å². The highest BCUT2D eigenvalue weighted by Crippen LogP contribution is 2.09. The molecule has 0 saturated carbocycles. The van der Waals surface area contributed by atoms with Crippen LogP contribution in [0.4, 0.5) is 0 Å². The predicted octanol–water partition coefficient (Wildman–Crippen LogP) is 3.01. The molecule has 1 N–H and O–H groups in total. The van der Waals surface area contributed by atoms with Gasteiger partial charge in [-0.15, -0.1) is 12.3 Å². The summed E-state index contributed by atoms with van der Waals surface area (Å²) in [4.78, 5) is 0. The molecule has 0 bridgehead atoms. The molecular weight excluding hydrogens is 194 g/mol. The number of hydrogen-bond acceptors (Lipinski definition) is 1. The molecule has 1 atom stereocenters. The second-order valence-electron chi connectivity index (χ2n) is 4.11. The van der Waals surface area contributed by atoms with E-state index in [0.29, 0.717) is 6.04 Å². The molecule has 0 saturated heterocycles.